The Hall–Kier alpha value is -2.08. The summed E-state index contributed by atoms with van der Waals surface area (Å²) in [6, 6.07) is 14.1. The van der Waals surface area contributed by atoms with Gasteiger partial charge in [0.15, 0.2) is 5.11 Å². The van der Waals surface area contributed by atoms with Gasteiger partial charge in [0.1, 0.15) is 0 Å². The zero-order valence-electron chi connectivity index (χ0n) is 14.5. The van der Waals surface area contributed by atoms with Gasteiger partial charge in [-0.3, -0.25) is 0 Å². The van der Waals surface area contributed by atoms with Crippen molar-refractivity contribution in [3.8, 4) is 0 Å². The molecule has 4 nitrogen and oxygen atoms in total. The summed E-state index contributed by atoms with van der Waals surface area (Å²) in [5.41, 5.74) is 10.2. The molecule has 2 aromatic carbocycles. The van der Waals surface area contributed by atoms with Crippen molar-refractivity contribution in [3.05, 3.63) is 64.8 Å². The molecule has 0 atom stereocenters. The van der Waals surface area contributed by atoms with Crippen molar-refractivity contribution < 1.29 is 0 Å². The number of thiocarbonyl (C=S) groups is 1. The predicted molar refractivity (Wildman–Crippen MR) is 115 cm³/mol. The van der Waals surface area contributed by atoms with E-state index in [1.165, 1.54) is 10.9 Å². The monoisotopic (exact) mass is 386 g/mol. The van der Waals surface area contributed by atoms with Gasteiger partial charge in [0, 0.05) is 34.4 Å². The number of halogens is 1. The van der Waals surface area contributed by atoms with E-state index in [4.69, 9.17) is 29.6 Å². The summed E-state index contributed by atoms with van der Waals surface area (Å²) in [6.45, 7) is 1.42. The summed E-state index contributed by atoms with van der Waals surface area (Å²) in [5, 5.41) is 9.15. The number of H-pyrrole nitrogens is 1. The number of fused-ring (bicyclic) bond motifs is 1. The lowest BCUT2D eigenvalue weighted by atomic mass is 10.1. The number of aryl methyl sites for hydroxylation is 1. The number of hydrogen-bond donors (Lipinski definition) is 4. The van der Waals surface area contributed by atoms with Crippen LogP contribution in [0.4, 0.5) is 5.69 Å². The molecule has 0 amide bonds. The summed E-state index contributed by atoms with van der Waals surface area (Å²) in [7, 11) is 0. The van der Waals surface area contributed by atoms with Gasteiger partial charge in [-0.1, -0.05) is 29.8 Å². The molecule has 5 N–H and O–H groups in total. The third kappa shape index (κ3) is 4.75. The van der Waals surface area contributed by atoms with E-state index in [0.29, 0.717) is 11.7 Å². The molecule has 136 valence electrons. The van der Waals surface area contributed by atoms with E-state index < -0.39 is 0 Å². The van der Waals surface area contributed by atoms with Gasteiger partial charge in [0.05, 0.1) is 0 Å². The first-order valence-electron chi connectivity index (χ1n) is 8.75. The Labute approximate surface area is 164 Å². The van der Waals surface area contributed by atoms with Crippen molar-refractivity contribution in [2.75, 3.05) is 18.4 Å². The number of benzene rings is 2. The van der Waals surface area contributed by atoms with Crippen molar-refractivity contribution >= 4 is 45.5 Å². The first-order valence-corrected chi connectivity index (χ1v) is 9.54. The number of aromatic amines is 1. The second kappa shape index (κ2) is 9.03. The molecular weight excluding hydrogens is 364 g/mol. The smallest absolute Gasteiger partial charge is 0.170 e. The molecule has 1 aromatic heterocycles. The van der Waals surface area contributed by atoms with Gasteiger partial charge in [0.2, 0.25) is 0 Å². The minimum atomic E-state index is 0.612. The molecule has 0 aliphatic carbocycles. The first-order chi connectivity index (χ1) is 12.7. The fourth-order valence-corrected chi connectivity index (χ4v) is 3.41. The number of nitrogens with two attached hydrogens (primary N) is 1. The minimum Gasteiger partial charge on any atom is -0.362 e. The van der Waals surface area contributed by atoms with Crippen LogP contribution in [-0.2, 0) is 12.8 Å². The number of aromatic nitrogens is 1. The molecule has 0 saturated heterocycles. The van der Waals surface area contributed by atoms with Crippen LogP contribution in [-0.4, -0.2) is 23.2 Å². The van der Waals surface area contributed by atoms with Gasteiger partial charge in [-0.25, -0.2) is 0 Å². The van der Waals surface area contributed by atoms with Gasteiger partial charge in [-0.15, -0.1) is 0 Å². The second-order valence-corrected chi connectivity index (χ2v) is 7.03. The Balaban J connectivity index is 1.56. The van der Waals surface area contributed by atoms with E-state index in [0.717, 1.165) is 47.6 Å². The zero-order valence-corrected chi connectivity index (χ0v) is 16.1. The van der Waals surface area contributed by atoms with E-state index in [9.17, 15) is 0 Å². The van der Waals surface area contributed by atoms with Gasteiger partial charge in [-0.2, -0.15) is 0 Å². The largest absolute Gasteiger partial charge is 0.362 e. The van der Waals surface area contributed by atoms with Crippen LogP contribution in [0.3, 0.4) is 0 Å². The Kier molecular flexibility index (Phi) is 6.50. The van der Waals surface area contributed by atoms with Crippen LogP contribution in [0, 0.1) is 0 Å². The number of nitrogens with one attached hydrogen (secondary N) is 3. The second-order valence-electron chi connectivity index (χ2n) is 6.18. The van der Waals surface area contributed by atoms with Gasteiger partial charge in [-0.05, 0) is 73.4 Å². The molecule has 3 rings (SSSR count). The normalized spacial score (nSPS) is 10.8. The minimum absolute atomic E-state index is 0.612. The van der Waals surface area contributed by atoms with Crippen LogP contribution in [0.15, 0.2) is 48.7 Å². The predicted octanol–water partition coefficient (Wildman–Crippen LogP) is 4.24. The number of rotatable bonds is 7. The highest BCUT2D eigenvalue weighted by molar-refractivity contribution is 7.80. The molecule has 0 radical (unpaired) electrons. The van der Waals surface area contributed by atoms with Crippen LogP contribution in [0.1, 0.15) is 17.5 Å². The van der Waals surface area contributed by atoms with Crippen molar-refractivity contribution in [2.24, 2.45) is 5.73 Å². The third-order valence-electron chi connectivity index (χ3n) is 4.32. The Morgan fingerprint density at radius 2 is 1.96 bits per heavy atom. The molecule has 0 fully saturated rings. The SMILES string of the molecule is NCCCc1cc(Cl)ccc1NC(=S)NCCc1c[nH]c2ccccc12. The summed E-state index contributed by atoms with van der Waals surface area (Å²) >= 11 is 11.6. The van der Waals surface area contributed by atoms with Gasteiger partial charge >= 0.3 is 0 Å². The van der Waals surface area contributed by atoms with E-state index >= 15 is 0 Å². The van der Waals surface area contributed by atoms with Crippen molar-refractivity contribution in [2.45, 2.75) is 19.3 Å². The van der Waals surface area contributed by atoms with E-state index in [-0.39, 0.29) is 0 Å². The Morgan fingerprint density at radius 1 is 1.12 bits per heavy atom. The van der Waals surface area contributed by atoms with Crippen LogP contribution in [0.2, 0.25) is 5.02 Å². The lowest BCUT2D eigenvalue weighted by Gasteiger charge is -2.14. The average Bonchev–Trinajstić information content (AvgIpc) is 3.05. The lowest BCUT2D eigenvalue weighted by molar-refractivity contribution is 0.833. The topological polar surface area (TPSA) is 65.9 Å². The molecular formula is C20H23ClN4S. The molecule has 0 unspecified atom stereocenters. The van der Waals surface area contributed by atoms with E-state index in [1.807, 2.05) is 24.3 Å². The summed E-state index contributed by atoms with van der Waals surface area (Å²) < 4.78 is 0. The van der Waals surface area contributed by atoms with Crippen LogP contribution in [0.25, 0.3) is 10.9 Å². The molecule has 3 aromatic rings. The standard InChI is InChI=1S/C20H23ClN4S/c21-16-7-8-18(14(12-16)4-3-10-22)25-20(26)23-11-9-15-13-24-19-6-2-1-5-17(15)19/h1-2,5-8,12-13,24H,3-4,9-11,22H2,(H2,23,25,26). The highest BCUT2D eigenvalue weighted by Crippen LogP contribution is 2.22. The molecule has 0 bridgehead atoms. The number of hydrogen-bond acceptors (Lipinski definition) is 2. The fraction of sp³-hybridized carbons (Fsp3) is 0.250. The first kappa shape index (κ1) is 18.7. The summed E-state index contributed by atoms with van der Waals surface area (Å²) in [4.78, 5) is 3.30. The average molecular weight is 387 g/mol. The highest BCUT2D eigenvalue weighted by Gasteiger charge is 2.06. The molecule has 0 spiro atoms. The molecule has 6 heteroatoms. The van der Waals surface area contributed by atoms with E-state index in [2.05, 4.69) is 40.0 Å². The molecule has 26 heavy (non-hydrogen) atoms. The quantitative estimate of drug-likeness (QED) is 0.458. The van der Waals surface area contributed by atoms with Crippen molar-refractivity contribution in [3.63, 3.8) is 0 Å². The van der Waals surface area contributed by atoms with Crippen molar-refractivity contribution in [1.29, 1.82) is 0 Å². The number of anilines is 1. The van der Waals surface area contributed by atoms with Crippen LogP contribution < -0.4 is 16.4 Å². The highest BCUT2D eigenvalue weighted by atomic mass is 35.5. The molecule has 1 heterocycles. The zero-order chi connectivity index (χ0) is 18.4. The Bertz CT molecular complexity index is 890. The summed E-state index contributed by atoms with van der Waals surface area (Å²) in [6.07, 6.45) is 4.74. The lowest BCUT2D eigenvalue weighted by Crippen LogP contribution is -2.30. The summed E-state index contributed by atoms with van der Waals surface area (Å²) in [5.74, 6) is 0. The van der Waals surface area contributed by atoms with Crippen molar-refractivity contribution in [1.82, 2.24) is 10.3 Å². The van der Waals surface area contributed by atoms with E-state index in [1.54, 1.807) is 0 Å². The van der Waals surface area contributed by atoms with Crippen LogP contribution in [0.5, 0.6) is 0 Å². The fourth-order valence-electron chi connectivity index (χ4n) is 3.00. The molecule has 0 aliphatic rings. The van der Waals surface area contributed by atoms with Gasteiger partial charge in [0.25, 0.3) is 0 Å². The molecule has 0 aliphatic heterocycles. The Morgan fingerprint density at radius 3 is 2.81 bits per heavy atom. The molecule has 0 saturated carbocycles. The number of para-hydroxylation sites is 1. The maximum atomic E-state index is 6.11. The third-order valence-corrected chi connectivity index (χ3v) is 4.80. The maximum absolute atomic E-state index is 6.11. The van der Waals surface area contributed by atoms with Crippen LogP contribution >= 0.6 is 23.8 Å². The maximum Gasteiger partial charge on any atom is 0.170 e. The van der Waals surface area contributed by atoms with Gasteiger partial charge < -0.3 is 21.4 Å².